The molecule has 1 saturated carbocycles. The van der Waals surface area contributed by atoms with E-state index in [0.29, 0.717) is 12.0 Å². The molecular formula is C14H22N2O2S. The van der Waals surface area contributed by atoms with Gasteiger partial charge in [-0.05, 0) is 30.2 Å². The van der Waals surface area contributed by atoms with Crippen LogP contribution in [0.3, 0.4) is 0 Å². The maximum atomic E-state index is 11.1. The fourth-order valence-corrected chi connectivity index (χ4v) is 3.48. The van der Waals surface area contributed by atoms with Gasteiger partial charge in [-0.15, -0.1) is 11.3 Å². The molecule has 4 nitrogen and oxygen atoms in total. The number of amides is 1. The first kappa shape index (κ1) is 14.5. The molecule has 0 radical (unpaired) electrons. The van der Waals surface area contributed by atoms with Crippen LogP contribution in [0, 0.1) is 5.92 Å². The van der Waals surface area contributed by atoms with Gasteiger partial charge < -0.3 is 15.7 Å². The van der Waals surface area contributed by atoms with Crippen LogP contribution in [0.1, 0.15) is 37.5 Å². The fraction of sp³-hybridized carbons (Fsp3) is 0.643. The molecule has 2 atom stereocenters. The van der Waals surface area contributed by atoms with Gasteiger partial charge in [0.05, 0.1) is 5.69 Å². The zero-order chi connectivity index (χ0) is 13.7. The molecule has 1 heterocycles. The highest BCUT2D eigenvalue weighted by Gasteiger charge is 2.24. The Labute approximate surface area is 118 Å². The number of carbonyl (C=O) groups excluding carboxylic acids is 1. The molecule has 0 spiro atoms. The SMILES string of the molecule is CC(=O)Nc1ccsc1CNC1CCCCC1CO. The second-order valence-electron chi connectivity index (χ2n) is 5.15. The molecule has 106 valence electrons. The molecule has 1 aliphatic carbocycles. The van der Waals surface area contributed by atoms with Gasteiger partial charge in [0.2, 0.25) is 5.91 Å². The van der Waals surface area contributed by atoms with Crippen LogP contribution in [0.15, 0.2) is 11.4 Å². The third-order valence-corrected chi connectivity index (χ3v) is 4.65. The van der Waals surface area contributed by atoms with Crippen molar-refractivity contribution in [3.05, 3.63) is 16.3 Å². The summed E-state index contributed by atoms with van der Waals surface area (Å²) in [6, 6.07) is 2.33. The number of hydrogen-bond donors (Lipinski definition) is 3. The zero-order valence-corrected chi connectivity index (χ0v) is 12.1. The lowest BCUT2D eigenvalue weighted by molar-refractivity contribution is -0.114. The van der Waals surface area contributed by atoms with Gasteiger partial charge in [-0.2, -0.15) is 0 Å². The summed E-state index contributed by atoms with van der Waals surface area (Å²) in [6.45, 7) is 2.55. The first-order valence-electron chi connectivity index (χ1n) is 6.89. The monoisotopic (exact) mass is 282 g/mol. The molecule has 0 aromatic carbocycles. The number of carbonyl (C=O) groups is 1. The summed E-state index contributed by atoms with van der Waals surface area (Å²) in [7, 11) is 0. The maximum absolute atomic E-state index is 11.1. The lowest BCUT2D eigenvalue weighted by Gasteiger charge is -2.31. The Kier molecular flexibility index (Phi) is 5.36. The van der Waals surface area contributed by atoms with Crippen LogP contribution >= 0.6 is 11.3 Å². The summed E-state index contributed by atoms with van der Waals surface area (Å²) < 4.78 is 0. The molecule has 3 N–H and O–H groups in total. The third kappa shape index (κ3) is 4.03. The van der Waals surface area contributed by atoms with Crippen LogP contribution in [0.25, 0.3) is 0 Å². The molecule has 5 heteroatoms. The van der Waals surface area contributed by atoms with E-state index in [1.165, 1.54) is 19.8 Å². The van der Waals surface area contributed by atoms with Crippen LogP contribution in [-0.2, 0) is 11.3 Å². The minimum absolute atomic E-state index is 0.0365. The normalized spacial score (nSPS) is 23.3. The summed E-state index contributed by atoms with van der Waals surface area (Å²) in [5.41, 5.74) is 0.904. The topological polar surface area (TPSA) is 61.4 Å². The zero-order valence-electron chi connectivity index (χ0n) is 11.3. The molecule has 1 aliphatic rings. The van der Waals surface area contributed by atoms with Crippen molar-refractivity contribution in [1.82, 2.24) is 5.32 Å². The predicted molar refractivity (Wildman–Crippen MR) is 78.3 cm³/mol. The van der Waals surface area contributed by atoms with E-state index in [1.807, 2.05) is 11.4 Å². The van der Waals surface area contributed by atoms with Crippen molar-refractivity contribution in [1.29, 1.82) is 0 Å². The van der Waals surface area contributed by atoms with E-state index in [0.717, 1.165) is 30.0 Å². The van der Waals surface area contributed by atoms with Crippen LogP contribution in [0.5, 0.6) is 0 Å². The molecule has 0 aliphatic heterocycles. The van der Waals surface area contributed by atoms with E-state index in [9.17, 15) is 9.90 Å². The van der Waals surface area contributed by atoms with Crippen molar-refractivity contribution in [3.8, 4) is 0 Å². The molecule has 2 unspecified atom stereocenters. The average molecular weight is 282 g/mol. The summed E-state index contributed by atoms with van der Waals surface area (Å²) in [5.74, 6) is 0.337. The van der Waals surface area contributed by atoms with Crippen LogP contribution < -0.4 is 10.6 Å². The number of hydrogen-bond acceptors (Lipinski definition) is 4. The Morgan fingerprint density at radius 3 is 3.00 bits per heavy atom. The average Bonchev–Trinajstić information content (AvgIpc) is 2.83. The van der Waals surface area contributed by atoms with Crippen molar-refractivity contribution >= 4 is 22.9 Å². The molecule has 2 rings (SSSR count). The van der Waals surface area contributed by atoms with E-state index in [-0.39, 0.29) is 12.5 Å². The third-order valence-electron chi connectivity index (χ3n) is 3.72. The quantitative estimate of drug-likeness (QED) is 0.777. The fourth-order valence-electron chi connectivity index (χ4n) is 2.70. The summed E-state index contributed by atoms with van der Waals surface area (Å²) in [4.78, 5) is 12.3. The van der Waals surface area contributed by atoms with E-state index >= 15 is 0 Å². The molecule has 19 heavy (non-hydrogen) atoms. The van der Waals surface area contributed by atoms with Gasteiger partial charge in [0.25, 0.3) is 0 Å². The summed E-state index contributed by atoms with van der Waals surface area (Å²) in [5, 5.41) is 17.8. The van der Waals surface area contributed by atoms with Crippen molar-refractivity contribution in [2.75, 3.05) is 11.9 Å². The van der Waals surface area contributed by atoms with Gasteiger partial charge in [0.1, 0.15) is 0 Å². The lowest BCUT2D eigenvalue weighted by Crippen LogP contribution is -2.39. The molecule has 1 aromatic heterocycles. The molecule has 1 fully saturated rings. The second-order valence-corrected chi connectivity index (χ2v) is 6.15. The van der Waals surface area contributed by atoms with Gasteiger partial charge >= 0.3 is 0 Å². The number of rotatable bonds is 5. The first-order valence-corrected chi connectivity index (χ1v) is 7.77. The highest BCUT2D eigenvalue weighted by Crippen LogP contribution is 2.26. The van der Waals surface area contributed by atoms with Crippen LogP contribution in [0.2, 0.25) is 0 Å². The standard InChI is InChI=1S/C14H22N2O2S/c1-10(18)16-13-6-7-19-14(13)8-15-12-5-3-2-4-11(12)9-17/h6-7,11-12,15,17H,2-5,8-9H2,1H3,(H,16,18). The van der Waals surface area contributed by atoms with E-state index in [4.69, 9.17) is 0 Å². The minimum atomic E-state index is -0.0365. The minimum Gasteiger partial charge on any atom is -0.396 e. The second kappa shape index (κ2) is 7.03. The predicted octanol–water partition coefficient (Wildman–Crippen LogP) is 2.35. The smallest absolute Gasteiger partial charge is 0.221 e. The Balaban J connectivity index is 1.90. The number of aliphatic hydroxyl groups excluding tert-OH is 1. The molecule has 1 aromatic rings. The van der Waals surface area contributed by atoms with E-state index in [2.05, 4.69) is 10.6 Å². The summed E-state index contributed by atoms with van der Waals surface area (Å²) in [6.07, 6.45) is 4.69. The van der Waals surface area contributed by atoms with E-state index < -0.39 is 0 Å². The Morgan fingerprint density at radius 1 is 1.47 bits per heavy atom. The van der Waals surface area contributed by atoms with Crippen LogP contribution in [-0.4, -0.2) is 23.7 Å². The van der Waals surface area contributed by atoms with Gasteiger partial charge in [-0.1, -0.05) is 12.8 Å². The number of thiophene rings is 1. The maximum Gasteiger partial charge on any atom is 0.221 e. The lowest BCUT2D eigenvalue weighted by atomic mass is 9.85. The molecule has 0 bridgehead atoms. The van der Waals surface area contributed by atoms with Gasteiger partial charge in [-0.3, -0.25) is 4.79 Å². The molecule has 1 amide bonds. The van der Waals surface area contributed by atoms with Crippen molar-refractivity contribution in [2.45, 2.75) is 45.2 Å². The van der Waals surface area contributed by atoms with Gasteiger partial charge in [0, 0.05) is 31.0 Å². The van der Waals surface area contributed by atoms with E-state index in [1.54, 1.807) is 11.3 Å². The Morgan fingerprint density at radius 2 is 2.26 bits per heavy atom. The molecular weight excluding hydrogens is 260 g/mol. The highest BCUT2D eigenvalue weighted by molar-refractivity contribution is 7.10. The van der Waals surface area contributed by atoms with Crippen molar-refractivity contribution < 1.29 is 9.90 Å². The van der Waals surface area contributed by atoms with Crippen molar-refractivity contribution in [3.63, 3.8) is 0 Å². The highest BCUT2D eigenvalue weighted by atomic mass is 32.1. The van der Waals surface area contributed by atoms with Crippen molar-refractivity contribution in [2.24, 2.45) is 5.92 Å². The number of aliphatic hydroxyl groups is 1. The Bertz CT molecular complexity index is 419. The first-order chi connectivity index (χ1) is 9.20. The number of anilines is 1. The van der Waals surface area contributed by atoms with Gasteiger partial charge in [-0.25, -0.2) is 0 Å². The van der Waals surface area contributed by atoms with Gasteiger partial charge in [0.15, 0.2) is 0 Å². The Hall–Kier alpha value is -0.910. The van der Waals surface area contributed by atoms with Crippen LogP contribution in [0.4, 0.5) is 5.69 Å². The number of nitrogens with one attached hydrogen (secondary N) is 2. The summed E-state index contributed by atoms with van der Waals surface area (Å²) >= 11 is 1.65. The molecule has 0 saturated heterocycles. The largest absolute Gasteiger partial charge is 0.396 e.